The molecule has 0 aliphatic carbocycles. The SMILES string of the molecule is CCCN(Cc1ncc(-c2ccc3cc(-c4ccc(-c5c[nH]c(CN(CC(C)=O)C(=O)CNC(=O)OC)n5)cc4)ccc3c2)[nH]1)C(=O)C(c1ccccc1)N(C)C. The van der Waals surface area contributed by atoms with Crippen molar-refractivity contribution in [2.24, 2.45) is 0 Å². The Kier molecular flexibility index (Phi) is 12.9. The maximum atomic E-state index is 13.8. The Morgan fingerprint density at radius 1 is 0.807 bits per heavy atom. The van der Waals surface area contributed by atoms with E-state index in [1.165, 1.54) is 18.9 Å². The standard InChI is InChI=1S/C44H48N8O5/c1-6-20-51(43(55)42(50(3)4)32-10-8-7-9-11-32)27-39-46-24-38(49-39)36-19-18-34-21-33(16-17-35(34)22-36)30-12-14-31(15-13-30)37-23-45-40(48-37)28-52(26-29(2)53)41(54)25-47-44(56)57-5/h7-19,21-24,42H,6,20,25-28H2,1-5H3,(H,45,48)(H,46,49)(H,47,56). The summed E-state index contributed by atoms with van der Waals surface area (Å²) in [6.07, 6.45) is 3.70. The minimum atomic E-state index is -0.730. The number of carbonyl (C=O) groups is 4. The number of carbonyl (C=O) groups excluding carboxylic acids is 4. The van der Waals surface area contributed by atoms with Crippen molar-refractivity contribution in [2.45, 2.75) is 39.4 Å². The van der Waals surface area contributed by atoms with Crippen molar-refractivity contribution in [1.82, 2.24) is 40.0 Å². The molecule has 6 rings (SSSR count). The van der Waals surface area contributed by atoms with E-state index in [0.29, 0.717) is 24.6 Å². The number of ketones is 1. The van der Waals surface area contributed by atoms with Gasteiger partial charge in [-0.3, -0.25) is 19.3 Å². The van der Waals surface area contributed by atoms with E-state index in [1.807, 2.05) is 84.7 Å². The van der Waals surface area contributed by atoms with Crippen molar-refractivity contribution in [3.05, 3.63) is 121 Å². The average Bonchev–Trinajstić information content (AvgIpc) is 3.89. The van der Waals surface area contributed by atoms with Crippen molar-refractivity contribution >= 4 is 34.5 Å². The molecular weight excluding hydrogens is 721 g/mol. The van der Waals surface area contributed by atoms with E-state index in [-0.39, 0.29) is 37.4 Å². The first-order valence-corrected chi connectivity index (χ1v) is 18.8. The first-order valence-electron chi connectivity index (χ1n) is 18.8. The molecule has 0 bridgehead atoms. The molecule has 0 saturated carbocycles. The van der Waals surface area contributed by atoms with Crippen LogP contribution >= 0.6 is 0 Å². The van der Waals surface area contributed by atoms with Crippen LogP contribution in [0.4, 0.5) is 4.79 Å². The number of nitrogens with zero attached hydrogens (tertiary/aromatic N) is 5. The van der Waals surface area contributed by atoms with Crippen molar-refractivity contribution in [1.29, 1.82) is 0 Å². The normalized spacial score (nSPS) is 11.7. The van der Waals surface area contributed by atoms with E-state index in [2.05, 4.69) is 73.3 Å². The predicted molar refractivity (Wildman–Crippen MR) is 220 cm³/mol. The molecule has 2 heterocycles. The molecule has 0 radical (unpaired) electrons. The van der Waals surface area contributed by atoms with Crippen LogP contribution in [0.2, 0.25) is 0 Å². The van der Waals surface area contributed by atoms with Crippen LogP contribution in [0.25, 0.3) is 44.4 Å². The first kappa shape index (κ1) is 40.1. The minimum absolute atomic E-state index is 0.0459. The summed E-state index contributed by atoms with van der Waals surface area (Å²) >= 11 is 0. The summed E-state index contributed by atoms with van der Waals surface area (Å²) < 4.78 is 4.53. The second kappa shape index (κ2) is 18.4. The number of imidazole rings is 2. The predicted octanol–water partition coefficient (Wildman–Crippen LogP) is 6.60. The number of benzene rings is 4. The van der Waals surface area contributed by atoms with Gasteiger partial charge in [-0.1, -0.05) is 85.8 Å². The Hall–Kier alpha value is -6.60. The number of aromatic nitrogens is 4. The molecule has 57 heavy (non-hydrogen) atoms. The quantitative estimate of drug-likeness (QED) is 0.0995. The van der Waals surface area contributed by atoms with Gasteiger partial charge in [0.1, 0.15) is 30.0 Å². The number of methoxy groups -OCH3 is 1. The highest BCUT2D eigenvalue weighted by molar-refractivity contribution is 5.91. The third kappa shape index (κ3) is 9.99. The molecule has 13 nitrogen and oxygen atoms in total. The van der Waals surface area contributed by atoms with Gasteiger partial charge in [0.2, 0.25) is 11.8 Å². The number of amides is 3. The molecule has 1 atom stereocenters. The Morgan fingerprint density at radius 2 is 1.46 bits per heavy atom. The maximum Gasteiger partial charge on any atom is 0.407 e. The van der Waals surface area contributed by atoms with Gasteiger partial charge in [0.25, 0.3) is 0 Å². The Labute approximate surface area is 332 Å². The van der Waals surface area contributed by atoms with Gasteiger partial charge >= 0.3 is 6.09 Å². The molecule has 6 aromatic rings. The average molecular weight is 769 g/mol. The van der Waals surface area contributed by atoms with Gasteiger partial charge < -0.3 is 29.8 Å². The third-order valence-electron chi connectivity index (χ3n) is 9.61. The number of alkyl carbamates (subject to hydrolysis) is 1. The summed E-state index contributed by atoms with van der Waals surface area (Å²) in [6.45, 7) is 4.15. The monoisotopic (exact) mass is 768 g/mol. The van der Waals surface area contributed by atoms with Crippen LogP contribution in [0.3, 0.4) is 0 Å². The highest BCUT2D eigenvalue weighted by Crippen LogP contribution is 2.30. The van der Waals surface area contributed by atoms with Gasteiger partial charge in [-0.2, -0.15) is 0 Å². The molecule has 13 heteroatoms. The fourth-order valence-corrected chi connectivity index (χ4v) is 6.81. The second-order valence-corrected chi connectivity index (χ2v) is 14.2. The van der Waals surface area contributed by atoms with E-state index >= 15 is 0 Å². The van der Waals surface area contributed by atoms with E-state index < -0.39 is 12.0 Å². The van der Waals surface area contributed by atoms with Gasteiger partial charge in [0.15, 0.2) is 0 Å². The molecule has 0 aliphatic heterocycles. The number of likely N-dealkylation sites (N-methyl/N-ethyl adjacent to an activating group) is 1. The van der Waals surface area contributed by atoms with E-state index in [1.54, 1.807) is 6.20 Å². The summed E-state index contributed by atoms with van der Waals surface area (Å²) in [5, 5.41) is 4.54. The van der Waals surface area contributed by atoms with Crippen molar-refractivity contribution in [3.63, 3.8) is 0 Å². The number of hydrogen-bond acceptors (Lipinski definition) is 8. The van der Waals surface area contributed by atoms with Gasteiger partial charge in [-0.05, 0) is 67.0 Å². The third-order valence-corrected chi connectivity index (χ3v) is 9.61. The number of H-pyrrole nitrogens is 2. The van der Waals surface area contributed by atoms with Crippen LogP contribution in [0.15, 0.2) is 103 Å². The Bertz CT molecular complexity index is 2330. The topological polar surface area (TPSA) is 157 Å². The minimum Gasteiger partial charge on any atom is -0.453 e. The smallest absolute Gasteiger partial charge is 0.407 e. The highest BCUT2D eigenvalue weighted by atomic mass is 16.5. The summed E-state index contributed by atoms with van der Waals surface area (Å²) in [5.41, 5.74) is 6.56. The lowest BCUT2D eigenvalue weighted by Gasteiger charge is -2.30. The zero-order chi connectivity index (χ0) is 40.5. The van der Waals surface area contributed by atoms with Crippen LogP contribution in [0.5, 0.6) is 0 Å². The Morgan fingerprint density at radius 3 is 2.12 bits per heavy atom. The molecule has 294 valence electrons. The lowest BCUT2D eigenvalue weighted by Crippen LogP contribution is -2.42. The van der Waals surface area contributed by atoms with Crippen LogP contribution in [-0.2, 0) is 32.2 Å². The number of fused-ring (bicyclic) bond motifs is 1. The molecule has 0 fully saturated rings. The zero-order valence-electron chi connectivity index (χ0n) is 32.9. The molecule has 2 aromatic heterocycles. The van der Waals surface area contributed by atoms with Gasteiger partial charge in [-0.25, -0.2) is 14.8 Å². The van der Waals surface area contributed by atoms with Crippen LogP contribution < -0.4 is 5.32 Å². The number of rotatable bonds is 16. The van der Waals surface area contributed by atoms with E-state index in [0.717, 1.165) is 56.5 Å². The summed E-state index contributed by atoms with van der Waals surface area (Å²) in [7, 11) is 5.07. The molecule has 3 N–H and O–H groups in total. The van der Waals surface area contributed by atoms with Crippen molar-refractivity contribution in [3.8, 4) is 33.6 Å². The van der Waals surface area contributed by atoms with Crippen LogP contribution in [0.1, 0.15) is 43.5 Å². The lowest BCUT2D eigenvalue weighted by molar-refractivity contribution is -0.137. The molecule has 4 aromatic carbocycles. The molecule has 0 spiro atoms. The number of Topliss-reactive ketones (excluding diaryl/α,β-unsaturated/α-hetero) is 1. The molecule has 0 aliphatic rings. The Balaban J connectivity index is 1.12. The maximum absolute atomic E-state index is 13.8. The summed E-state index contributed by atoms with van der Waals surface area (Å²) in [6, 6.07) is 30.3. The van der Waals surface area contributed by atoms with E-state index in [9.17, 15) is 19.2 Å². The van der Waals surface area contributed by atoms with Crippen LogP contribution in [-0.4, -0.2) is 99.2 Å². The van der Waals surface area contributed by atoms with Crippen LogP contribution in [0, 0.1) is 0 Å². The summed E-state index contributed by atoms with van der Waals surface area (Å²) in [4.78, 5) is 70.9. The second-order valence-electron chi connectivity index (χ2n) is 14.2. The van der Waals surface area contributed by atoms with Gasteiger partial charge in [0, 0.05) is 23.9 Å². The fourth-order valence-electron chi connectivity index (χ4n) is 6.81. The molecular formula is C44H48N8O5. The number of hydrogen-bond donors (Lipinski definition) is 3. The van der Waals surface area contributed by atoms with Gasteiger partial charge in [-0.15, -0.1) is 0 Å². The molecule has 3 amide bonds. The van der Waals surface area contributed by atoms with Crippen molar-refractivity contribution < 1.29 is 23.9 Å². The number of ether oxygens (including phenoxy) is 1. The highest BCUT2D eigenvalue weighted by Gasteiger charge is 2.28. The lowest BCUT2D eigenvalue weighted by atomic mass is 9.98. The van der Waals surface area contributed by atoms with E-state index in [4.69, 9.17) is 0 Å². The van der Waals surface area contributed by atoms with Gasteiger partial charge in [0.05, 0.1) is 44.3 Å². The fraction of sp³-hybridized carbons (Fsp3) is 0.273. The largest absolute Gasteiger partial charge is 0.453 e. The number of nitrogens with one attached hydrogen (secondary N) is 3. The number of aromatic amines is 2. The summed E-state index contributed by atoms with van der Waals surface area (Å²) in [5.74, 6) is 0.661. The molecule has 0 saturated heterocycles. The zero-order valence-corrected chi connectivity index (χ0v) is 32.9. The molecule has 1 unspecified atom stereocenters. The first-order chi connectivity index (χ1) is 27.5. The van der Waals surface area contributed by atoms with Crippen molar-refractivity contribution in [2.75, 3.05) is 40.8 Å².